The maximum absolute atomic E-state index is 13.7. The predicted molar refractivity (Wildman–Crippen MR) is 117 cm³/mol. The molecule has 150 valence electrons. The van der Waals surface area contributed by atoms with Crippen LogP contribution in [0.2, 0.25) is 0 Å². The maximum Gasteiger partial charge on any atom is 0.258 e. The van der Waals surface area contributed by atoms with Gasteiger partial charge in [-0.2, -0.15) is 5.10 Å². The van der Waals surface area contributed by atoms with E-state index in [4.69, 9.17) is 5.10 Å². The smallest absolute Gasteiger partial charge is 0.258 e. The van der Waals surface area contributed by atoms with Crippen LogP contribution in [0.4, 0.5) is 0 Å². The van der Waals surface area contributed by atoms with E-state index in [1.807, 2.05) is 71.5 Å². The Balaban J connectivity index is 0.00000205. The van der Waals surface area contributed by atoms with Crippen LogP contribution in [0, 0.1) is 0 Å². The summed E-state index contributed by atoms with van der Waals surface area (Å²) in [7, 11) is 0. The molecule has 2 atom stereocenters. The molecule has 3 aromatic rings. The molecule has 1 amide bonds. The monoisotopic (exact) mass is 408 g/mol. The number of aromatic nitrogens is 2. The fourth-order valence-electron chi connectivity index (χ4n) is 4.51. The molecule has 2 fully saturated rings. The molecule has 3 heterocycles. The van der Waals surface area contributed by atoms with Gasteiger partial charge < -0.3 is 10.2 Å². The number of hydrogen-bond acceptors (Lipinski definition) is 3. The lowest BCUT2D eigenvalue weighted by Crippen LogP contribution is -2.42. The summed E-state index contributed by atoms with van der Waals surface area (Å²) < 4.78 is 1.83. The SMILES string of the molecule is Cl.O=C(c1cn(-c2ccccc2)nc1-c1ccccc1)N1C2CCNCC1CC2. The lowest BCUT2D eigenvalue weighted by molar-refractivity contribution is 0.0681. The summed E-state index contributed by atoms with van der Waals surface area (Å²) in [4.78, 5) is 15.8. The van der Waals surface area contributed by atoms with Crippen molar-refractivity contribution in [3.63, 3.8) is 0 Å². The van der Waals surface area contributed by atoms with Crippen molar-refractivity contribution in [2.45, 2.75) is 31.3 Å². The molecular weight excluding hydrogens is 384 g/mol. The molecule has 0 radical (unpaired) electrons. The van der Waals surface area contributed by atoms with Crippen LogP contribution in [0.1, 0.15) is 29.6 Å². The molecule has 5 rings (SSSR count). The standard InChI is InChI=1S/C23H24N4O.ClH/c28-23(27-19-11-12-20(27)15-24-14-13-19)21-16-26(18-9-5-2-6-10-18)25-22(21)17-7-3-1-4-8-17;/h1-10,16,19-20,24H,11-15H2;1H. The molecule has 2 aliphatic heterocycles. The molecule has 5 nitrogen and oxygen atoms in total. The second-order valence-electron chi connectivity index (χ2n) is 7.63. The van der Waals surface area contributed by atoms with Gasteiger partial charge in [-0.05, 0) is 37.9 Å². The Bertz CT molecular complexity index is 959. The van der Waals surface area contributed by atoms with Crippen molar-refractivity contribution < 1.29 is 4.79 Å². The highest BCUT2D eigenvalue weighted by molar-refractivity contribution is 6.00. The van der Waals surface area contributed by atoms with Crippen molar-refractivity contribution in [3.05, 3.63) is 72.4 Å². The van der Waals surface area contributed by atoms with Gasteiger partial charge in [0.2, 0.25) is 0 Å². The Morgan fingerprint density at radius 3 is 2.38 bits per heavy atom. The molecule has 6 heteroatoms. The summed E-state index contributed by atoms with van der Waals surface area (Å²) in [5.41, 5.74) is 3.37. The van der Waals surface area contributed by atoms with Crippen molar-refractivity contribution in [1.82, 2.24) is 20.0 Å². The van der Waals surface area contributed by atoms with Gasteiger partial charge in [-0.15, -0.1) is 12.4 Å². The third-order valence-electron chi connectivity index (χ3n) is 5.90. The fraction of sp³-hybridized carbons (Fsp3) is 0.304. The minimum atomic E-state index is 0. The van der Waals surface area contributed by atoms with Gasteiger partial charge in [0.15, 0.2) is 0 Å². The van der Waals surface area contributed by atoms with E-state index in [-0.39, 0.29) is 24.4 Å². The third kappa shape index (κ3) is 3.68. The first kappa shape index (κ1) is 19.7. The Morgan fingerprint density at radius 1 is 0.931 bits per heavy atom. The molecule has 0 saturated carbocycles. The Hall–Kier alpha value is -2.63. The summed E-state index contributed by atoms with van der Waals surface area (Å²) in [5.74, 6) is 0.109. The lowest BCUT2D eigenvalue weighted by Gasteiger charge is -2.27. The van der Waals surface area contributed by atoms with Gasteiger partial charge in [0.05, 0.1) is 11.3 Å². The number of fused-ring (bicyclic) bond motifs is 2. The molecule has 0 aliphatic carbocycles. The number of benzene rings is 2. The van der Waals surface area contributed by atoms with Crippen LogP contribution in [-0.4, -0.2) is 45.8 Å². The van der Waals surface area contributed by atoms with Crippen LogP contribution >= 0.6 is 12.4 Å². The number of halogens is 1. The molecule has 0 spiro atoms. The first-order chi connectivity index (χ1) is 13.8. The van der Waals surface area contributed by atoms with Gasteiger partial charge in [-0.25, -0.2) is 4.68 Å². The van der Waals surface area contributed by atoms with E-state index < -0.39 is 0 Å². The molecule has 2 saturated heterocycles. The Kier molecular flexibility index (Phi) is 5.69. The number of rotatable bonds is 3. The van der Waals surface area contributed by atoms with Crippen LogP contribution in [0.25, 0.3) is 16.9 Å². The van der Waals surface area contributed by atoms with Gasteiger partial charge in [-0.1, -0.05) is 48.5 Å². The quantitative estimate of drug-likeness (QED) is 0.714. The zero-order chi connectivity index (χ0) is 18.9. The summed E-state index contributed by atoms with van der Waals surface area (Å²) in [6.07, 6.45) is 5.11. The maximum atomic E-state index is 13.7. The number of nitrogens with zero attached hydrogens (tertiary/aromatic N) is 3. The topological polar surface area (TPSA) is 50.2 Å². The van der Waals surface area contributed by atoms with E-state index in [2.05, 4.69) is 10.2 Å². The number of amides is 1. The Labute approximate surface area is 177 Å². The van der Waals surface area contributed by atoms with Crippen molar-refractivity contribution in [3.8, 4) is 16.9 Å². The molecular formula is C23H25ClN4O. The average molecular weight is 409 g/mol. The van der Waals surface area contributed by atoms with Gasteiger partial charge in [0, 0.05) is 30.4 Å². The van der Waals surface area contributed by atoms with Crippen LogP contribution in [0.5, 0.6) is 0 Å². The van der Waals surface area contributed by atoms with Gasteiger partial charge in [-0.3, -0.25) is 4.79 Å². The highest BCUT2D eigenvalue weighted by Crippen LogP contribution is 2.32. The number of hydrogen-bond donors (Lipinski definition) is 1. The second kappa shape index (κ2) is 8.39. The highest BCUT2D eigenvalue weighted by Gasteiger charge is 2.39. The summed E-state index contributed by atoms with van der Waals surface area (Å²) in [6.45, 7) is 1.87. The number of carbonyl (C=O) groups excluding carboxylic acids is 1. The van der Waals surface area contributed by atoms with Gasteiger partial charge in [0.25, 0.3) is 5.91 Å². The number of para-hydroxylation sites is 1. The van der Waals surface area contributed by atoms with Crippen molar-refractivity contribution in [2.24, 2.45) is 0 Å². The van der Waals surface area contributed by atoms with E-state index in [9.17, 15) is 4.79 Å². The van der Waals surface area contributed by atoms with Crippen LogP contribution in [0.15, 0.2) is 66.9 Å². The average Bonchev–Trinajstić information content (AvgIpc) is 3.29. The summed E-state index contributed by atoms with van der Waals surface area (Å²) in [5, 5.41) is 8.29. The van der Waals surface area contributed by atoms with E-state index in [1.165, 1.54) is 0 Å². The minimum Gasteiger partial charge on any atom is -0.331 e. The molecule has 1 N–H and O–H groups in total. The normalized spacial score (nSPS) is 20.8. The van der Waals surface area contributed by atoms with Gasteiger partial charge >= 0.3 is 0 Å². The molecule has 2 bridgehead atoms. The largest absolute Gasteiger partial charge is 0.331 e. The predicted octanol–water partition coefficient (Wildman–Crippen LogP) is 3.93. The van der Waals surface area contributed by atoms with Crippen molar-refractivity contribution >= 4 is 18.3 Å². The van der Waals surface area contributed by atoms with E-state index in [1.54, 1.807) is 0 Å². The van der Waals surface area contributed by atoms with Gasteiger partial charge in [0.1, 0.15) is 5.69 Å². The summed E-state index contributed by atoms with van der Waals surface area (Å²) >= 11 is 0. The van der Waals surface area contributed by atoms with E-state index in [0.29, 0.717) is 11.6 Å². The summed E-state index contributed by atoms with van der Waals surface area (Å²) in [6, 6.07) is 20.6. The molecule has 2 aromatic carbocycles. The zero-order valence-electron chi connectivity index (χ0n) is 16.2. The minimum absolute atomic E-state index is 0. The van der Waals surface area contributed by atoms with Crippen molar-refractivity contribution in [1.29, 1.82) is 0 Å². The molecule has 2 unspecified atom stereocenters. The van der Waals surface area contributed by atoms with Crippen molar-refractivity contribution in [2.75, 3.05) is 13.1 Å². The highest BCUT2D eigenvalue weighted by atomic mass is 35.5. The van der Waals surface area contributed by atoms with E-state index >= 15 is 0 Å². The first-order valence-electron chi connectivity index (χ1n) is 10.0. The van der Waals surface area contributed by atoms with Crippen LogP contribution < -0.4 is 5.32 Å². The van der Waals surface area contributed by atoms with Crippen LogP contribution in [0.3, 0.4) is 0 Å². The molecule has 2 aliphatic rings. The first-order valence-corrected chi connectivity index (χ1v) is 10.0. The number of carbonyl (C=O) groups is 1. The second-order valence-corrected chi connectivity index (χ2v) is 7.63. The lowest BCUT2D eigenvalue weighted by atomic mass is 10.1. The fourth-order valence-corrected chi connectivity index (χ4v) is 4.51. The zero-order valence-corrected chi connectivity index (χ0v) is 17.0. The Morgan fingerprint density at radius 2 is 1.62 bits per heavy atom. The van der Waals surface area contributed by atoms with Crippen LogP contribution in [-0.2, 0) is 0 Å². The van der Waals surface area contributed by atoms with E-state index in [0.717, 1.165) is 49.3 Å². The molecule has 29 heavy (non-hydrogen) atoms. The third-order valence-corrected chi connectivity index (χ3v) is 5.90. The number of nitrogens with one attached hydrogen (secondary N) is 1. The molecule has 1 aromatic heterocycles.